The molecule has 4 aliphatic carbocycles. The van der Waals surface area contributed by atoms with Crippen molar-refractivity contribution in [2.24, 2.45) is 5.92 Å². The van der Waals surface area contributed by atoms with E-state index in [0.29, 0.717) is 10.8 Å². The van der Waals surface area contributed by atoms with Crippen LogP contribution in [0.4, 0.5) is 0 Å². The second-order valence-corrected chi connectivity index (χ2v) is 6.87. The highest BCUT2D eigenvalue weighted by molar-refractivity contribution is 5.72. The van der Waals surface area contributed by atoms with Gasteiger partial charge in [-0.1, -0.05) is 46.8 Å². The fourth-order valence-electron chi connectivity index (χ4n) is 5.46. The standard InChI is InChI=1S/C16H20/c1-8(2)14-11-7-13-12-6-10(11)9(3)15(12,4)16(13,14)5/h6-9,14H,1-5H3. The van der Waals surface area contributed by atoms with Gasteiger partial charge in [-0.2, -0.15) is 0 Å². The van der Waals surface area contributed by atoms with Crippen molar-refractivity contribution in [1.29, 1.82) is 0 Å². The minimum absolute atomic E-state index is 0.446. The van der Waals surface area contributed by atoms with Gasteiger partial charge in [0.2, 0.25) is 0 Å². The summed E-state index contributed by atoms with van der Waals surface area (Å²) in [5.74, 6) is 2.30. The van der Waals surface area contributed by atoms with Gasteiger partial charge < -0.3 is 0 Å². The van der Waals surface area contributed by atoms with Crippen molar-refractivity contribution < 1.29 is 0 Å². The first kappa shape index (κ1) is 9.27. The van der Waals surface area contributed by atoms with Crippen molar-refractivity contribution in [2.75, 3.05) is 0 Å². The normalized spacial score (nSPS) is 45.6. The van der Waals surface area contributed by atoms with Crippen LogP contribution in [0.5, 0.6) is 0 Å². The van der Waals surface area contributed by atoms with E-state index in [1.165, 1.54) is 0 Å². The van der Waals surface area contributed by atoms with Gasteiger partial charge in [-0.05, 0) is 40.0 Å². The minimum Gasteiger partial charge on any atom is -0.0622 e. The van der Waals surface area contributed by atoms with Gasteiger partial charge in [-0.25, -0.2) is 0 Å². The predicted octanol–water partition coefficient (Wildman–Crippen LogP) is 4.09. The van der Waals surface area contributed by atoms with E-state index < -0.39 is 0 Å². The van der Waals surface area contributed by atoms with E-state index in [1.807, 2.05) is 0 Å². The van der Waals surface area contributed by atoms with Gasteiger partial charge in [0.25, 0.3) is 0 Å². The van der Waals surface area contributed by atoms with Crippen molar-refractivity contribution in [1.82, 2.24) is 0 Å². The van der Waals surface area contributed by atoms with Gasteiger partial charge in [0.15, 0.2) is 0 Å². The molecule has 16 heavy (non-hydrogen) atoms. The summed E-state index contributed by atoms with van der Waals surface area (Å²) in [6.07, 6.45) is 0. The highest BCUT2D eigenvalue weighted by Crippen LogP contribution is 2.77. The SMILES string of the molecule is CC(C)C1c2cc3c4cc2C(C)C4(C)C31C. The van der Waals surface area contributed by atoms with Crippen LogP contribution in [-0.4, -0.2) is 0 Å². The van der Waals surface area contributed by atoms with Gasteiger partial charge in [-0.15, -0.1) is 0 Å². The Morgan fingerprint density at radius 3 is 2.19 bits per heavy atom. The zero-order valence-corrected chi connectivity index (χ0v) is 10.9. The van der Waals surface area contributed by atoms with Crippen LogP contribution in [0, 0.1) is 5.92 Å². The molecule has 0 N–H and O–H groups in total. The van der Waals surface area contributed by atoms with E-state index in [-0.39, 0.29) is 0 Å². The van der Waals surface area contributed by atoms with Crippen molar-refractivity contribution >= 4 is 0 Å². The van der Waals surface area contributed by atoms with Crippen LogP contribution in [0.3, 0.4) is 0 Å². The Balaban J connectivity index is 2.10. The van der Waals surface area contributed by atoms with Crippen LogP contribution in [0.2, 0.25) is 0 Å². The van der Waals surface area contributed by atoms with Crippen LogP contribution in [0.1, 0.15) is 68.7 Å². The van der Waals surface area contributed by atoms with E-state index in [9.17, 15) is 0 Å². The lowest BCUT2D eigenvalue weighted by atomic mass is 9.41. The average molecular weight is 212 g/mol. The number of benzene rings is 1. The summed E-state index contributed by atoms with van der Waals surface area (Å²) in [7, 11) is 0. The molecule has 0 aliphatic heterocycles. The molecule has 0 heteroatoms. The first-order valence-electron chi connectivity index (χ1n) is 6.62. The van der Waals surface area contributed by atoms with Crippen molar-refractivity contribution in [3.63, 3.8) is 0 Å². The predicted molar refractivity (Wildman–Crippen MR) is 67.1 cm³/mol. The zero-order valence-electron chi connectivity index (χ0n) is 10.9. The fourth-order valence-corrected chi connectivity index (χ4v) is 5.46. The third kappa shape index (κ3) is 0.544. The number of rotatable bonds is 1. The molecule has 4 unspecified atom stereocenters. The lowest BCUT2D eigenvalue weighted by molar-refractivity contribution is 0.112. The number of hydrogen-bond acceptors (Lipinski definition) is 0. The molecule has 4 atom stereocenters. The Labute approximate surface area is 98.1 Å². The van der Waals surface area contributed by atoms with E-state index in [4.69, 9.17) is 0 Å². The molecule has 0 saturated heterocycles. The first-order valence-corrected chi connectivity index (χ1v) is 6.62. The van der Waals surface area contributed by atoms with Crippen LogP contribution in [-0.2, 0) is 10.8 Å². The molecule has 0 spiro atoms. The van der Waals surface area contributed by atoms with Gasteiger partial charge in [0.05, 0.1) is 0 Å². The third-order valence-electron chi connectivity index (χ3n) is 6.38. The molecule has 4 aliphatic rings. The van der Waals surface area contributed by atoms with Gasteiger partial charge in [0.1, 0.15) is 0 Å². The molecule has 0 fully saturated rings. The molecule has 1 aromatic rings. The van der Waals surface area contributed by atoms with Crippen LogP contribution < -0.4 is 0 Å². The highest BCUT2D eigenvalue weighted by atomic mass is 14.7. The first-order chi connectivity index (χ1) is 7.44. The Morgan fingerprint density at radius 2 is 1.56 bits per heavy atom. The van der Waals surface area contributed by atoms with Crippen LogP contribution >= 0.6 is 0 Å². The molecule has 5 rings (SSSR count). The quantitative estimate of drug-likeness (QED) is 0.658. The van der Waals surface area contributed by atoms with E-state index >= 15 is 0 Å². The second-order valence-electron chi connectivity index (χ2n) is 6.87. The van der Waals surface area contributed by atoms with E-state index in [1.54, 1.807) is 22.3 Å². The maximum absolute atomic E-state index is 2.53. The summed E-state index contributed by atoms with van der Waals surface area (Å²) >= 11 is 0. The maximum atomic E-state index is 2.53. The highest BCUT2D eigenvalue weighted by Gasteiger charge is 2.71. The topological polar surface area (TPSA) is 0 Å². The average Bonchev–Trinajstić information content (AvgIpc) is 2.49. The zero-order chi connectivity index (χ0) is 11.5. The summed E-state index contributed by atoms with van der Waals surface area (Å²) in [6.45, 7) is 12.2. The fraction of sp³-hybridized carbons (Fsp3) is 0.625. The Morgan fingerprint density at radius 1 is 1.00 bits per heavy atom. The molecule has 0 radical (unpaired) electrons. The van der Waals surface area contributed by atoms with E-state index in [0.717, 1.165) is 17.8 Å². The molecule has 0 aromatic heterocycles. The minimum atomic E-state index is 0.446. The van der Waals surface area contributed by atoms with Crippen LogP contribution in [0.15, 0.2) is 12.1 Å². The summed E-state index contributed by atoms with van der Waals surface area (Å²) < 4.78 is 0. The summed E-state index contributed by atoms with van der Waals surface area (Å²) in [5, 5.41) is 0. The Bertz CT molecular complexity index is 525. The molecule has 0 saturated carbocycles. The molecule has 0 amide bonds. The summed E-state index contributed by atoms with van der Waals surface area (Å²) in [5.41, 5.74) is 7.58. The van der Waals surface area contributed by atoms with Gasteiger partial charge in [-0.3, -0.25) is 0 Å². The van der Waals surface area contributed by atoms with Crippen molar-refractivity contribution in [3.05, 3.63) is 34.4 Å². The Hall–Kier alpha value is -0.780. The lowest BCUT2D eigenvalue weighted by Crippen LogP contribution is -2.58. The Kier molecular flexibility index (Phi) is 1.23. The molecular formula is C16H20. The van der Waals surface area contributed by atoms with E-state index in [2.05, 4.69) is 46.8 Å². The molecule has 1 aromatic carbocycles. The molecule has 0 heterocycles. The summed E-state index contributed by atoms with van der Waals surface area (Å²) in [4.78, 5) is 0. The van der Waals surface area contributed by atoms with Gasteiger partial charge in [0, 0.05) is 10.8 Å². The van der Waals surface area contributed by atoms with Crippen molar-refractivity contribution in [3.8, 4) is 0 Å². The third-order valence-corrected chi connectivity index (χ3v) is 6.38. The monoisotopic (exact) mass is 212 g/mol. The smallest absolute Gasteiger partial charge is 0.00989 e. The lowest BCUT2D eigenvalue weighted by Gasteiger charge is -2.61. The molecule has 84 valence electrons. The number of hydrogen-bond donors (Lipinski definition) is 0. The largest absolute Gasteiger partial charge is 0.0622 e. The maximum Gasteiger partial charge on any atom is 0.00989 e. The summed E-state index contributed by atoms with van der Waals surface area (Å²) in [6, 6.07) is 5.04. The van der Waals surface area contributed by atoms with Crippen LogP contribution in [0.25, 0.3) is 0 Å². The molecule has 0 nitrogen and oxygen atoms in total. The van der Waals surface area contributed by atoms with Gasteiger partial charge >= 0.3 is 0 Å². The second kappa shape index (κ2) is 2.12. The molecule has 6 bridgehead atoms. The molecular weight excluding hydrogens is 192 g/mol. The van der Waals surface area contributed by atoms with Crippen molar-refractivity contribution in [2.45, 2.75) is 57.3 Å².